The van der Waals surface area contributed by atoms with Crippen molar-refractivity contribution in [2.45, 2.75) is 51.7 Å². The third-order valence-corrected chi connectivity index (χ3v) is 7.98. The highest BCUT2D eigenvalue weighted by Gasteiger charge is 2.24. The molecule has 1 amide bonds. The molecule has 1 atom stereocenters. The lowest BCUT2D eigenvalue weighted by atomic mass is 9.88. The van der Waals surface area contributed by atoms with Gasteiger partial charge in [-0.25, -0.2) is 0 Å². The van der Waals surface area contributed by atoms with Crippen LogP contribution in [0.4, 0.5) is 5.69 Å². The normalized spacial score (nSPS) is 15.8. The first-order chi connectivity index (χ1) is 14.5. The van der Waals surface area contributed by atoms with Crippen molar-refractivity contribution in [2.24, 2.45) is 5.92 Å². The van der Waals surface area contributed by atoms with E-state index in [9.17, 15) is 4.79 Å². The van der Waals surface area contributed by atoms with Gasteiger partial charge in [0.25, 0.3) is 0 Å². The molecule has 8 heteroatoms. The quantitative estimate of drug-likeness (QED) is 0.469. The fraction of sp³-hybridized carbons (Fsp3) is 0.409. The van der Waals surface area contributed by atoms with Crippen LogP contribution in [0, 0.1) is 12.8 Å². The van der Waals surface area contributed by atoms with E-state index in [4.69, 9.17) is 11.6 Å². The number of carbonyl (C=O) groups is 1. The zero-order valence-electron chi connectivity index (χ0n) is 17.4. The number of hydrogen-bond acceptors (Lipinski definition) is 5. The van der Waals surface area contributed by atoms with Gasteiger partial charge in [-0.2, -0.15) is 0 Å². The number of carbonyl (C=O) groups excluding carboxylic acids is 1. The maximum absolute atomic E-state index is 12.5. The second kappa shape index (κ2) is 9.12. The molecule has 0 spiro atoms. The lowest BCUT2D eigenvalue weighted by Crippen LogP contribution is -2.15. The Morgan fingerprint density at radius 1 is 1.40 bits per heavy atom. The second-order valence-corrected chi connectivity index (χ2v) is 10.0. The van der Waals surface area contributed by atoms with Crippen LogP contribution < -0.4 is 5.32 Å². The van der Waals surface area contributed by atoms with Gasteiger partial charge in [-0.05, 0) is 62.3 Å². The van der Waals surface area contributed by atoms with Crippen LogP contribution in [0.15, 0.2) is 28.7 Å². The molecule has 1 N–H and O–H groups in total. The summed E-state index contributed by atoms with van der Waals surface area (Å²) in [7, 11) is 0. The predicted octanol–water partition coefficient (Wildman–Crippen LogP) is 5.84. The largest absolute Gasteiger partial charge is 0.325 e. The number of aromatic nitrogens is 3. The molecule has 2 aromatic heterocycles. The Bertz CT molecular complexity index is 1080. The number of thioether (sulfide) groups is 1. The number of nitrogens with zero attached hydrogens (tertiary/aromatic N) is 3. The first kappa shape index (κ1) is 21.4. The summed E-state index contributed by atoms with van der Waals surface area (Å²) < 4.78 is 2.11. The molecule has 4 rings (SSSR count). The molecule has 1 aromatic carbocycles. The van der Waals surface area contributed by atoms with E-state index in [1.807, 2.05) is 36.5 Å². The molecule has 1 aliphatic rings. The standard InChI is InChI=1S/C22H25ClN4OS2/c1-4-27-21(16-11-29-19-10-13(2)8-9-15(16)19)25-26-22(27)30-12-20(28)24-18-7-5-6-17(23)14(18)3/h5-7,11,13H,4,8-10,12H2,1-3H3,(H,24,28). The van der Waals surface area contributed by atoms with E-state index in [1.54, 1.807) is 0 Å². The van der Waals surface area contributed by atoms with Crippen molar-refractivity contribution < 1.29 is 4.79 Å². The molecule has 0 radical (unpaired) electrons. The molecule has 0 saturated heterocycles. The van der Waals surface area contributed by atoms with E-state index >= 15 is 0 Å². The highest BCUT2D eigenvalue weighted by molar-refractivity contribution is 7.99. The minimum atomic E-state index is -0.0838. The molecule has 0 fully saturated rings. The van der Waals surface area contributed by atoms with Crippen LogP contribution in [0.2, 0.25) is 5.02 Å². The van der Waals surface area contributed by atoms with Crippen LogP contribution in [-0.2, 0) is 24.2 Å². The van der Waals surface area contributed by atoms with E-state index in [-0.39, 0.29) is 11.7 Å². The molecule has 30 heavy (non-hydrogen) atoms. The van der Waals surface area contributed by atoms with Gasteiger partial charge in [-0.1, -0.05) is 36.4 Å². The van der Waals surface area contributed by atoms with E-state index in [1.165, 1.54) is 34.2 Å². The third kappa shape index (κ3) is 4.29. The second-order valence-electron chi connectivity index (χ2n) is 7.70. The number of rotatable bonds is 6. The molecule has 3 aromatic rings. The summed E-state index contributed by atoms with van der Waals surface area (Å²) in [6, 6.07) is 5.51. The van der Waals surface area contributed by atoms with Crippen molar-refractivity contribution in [1.82, 2.24) is 14.8 Å². The number of halogens is 1. The highest BCUT2D eigenvalue weighted by atomic mass is 35.5. The number of thiophene rings is 1. The van der Waals surface area contributed by atoms with Gasteiger partial charge in [0.1, 0.15) is 0 Å². The molecule has 1 unspecified atom stereocenters. The molecule has 0 bridgehead atoms. The molecule has 5 nitrogen and oxygen atoms in total. The molecule has 1 aliphatic carbocycles. The summed E-state index contributed by atoms with van der Waals surface area (Å²) in [6.45, 7) is 7.07. The number of hydrogen-bond donors (Lipinski definition) is 1. The fourth-order valence-corrected chi connectivity index (χ4v) is 6.02. The monoisotopic (exact) mass is 460 g/mol. The summed E-state index contributed by atoms with van der Waals surface area (Å²) in [5.74, 6) is 1.85. The SMILES string of the molecule is CCn1c(SCC(=O)Nc2cccc(Cl)c2C)nnc1-c1csc2c1CCC(C)C2. The van der Waals surface area contributed by atoms with Crippen molar-refractivity contribution >= 4 is 46.3 Å². The fourth-order valence-electron chi connectivity index (χ4n) is 3.80. The Morgan fingerprint density at radius 3 is 3.03 bits per heavy atom. The molecular formula is C22H25ClN4OS2. The number of fused-ring (bicyclic) bond motifs is 1. The topological polar surface area (TPSA) is 59.8 Å². The third-order valence-electron chi connectivity index (χ3n) is 5.55. The van der Waals surface area contributed by atoms with Gasteiger partial charge < -0.3 is 9.88 Å². The Labute approximate surface area is 190 Å². The Kier molecular flexibility index (Phi) is 6.51. The van der Waals surface area contributed by atoms with Gasteiger partial charge in [0, 0.05) is 33.1 Å². The van der Waals surface area contributed by atoms with E-state index in [0.29, 0.717) is 5.02 Å². The molecule has 158 valence electrons. The Balaban J connectivity index is 1.48. The van der Waals surface area contributed by atoms with Crippen LogP contribution in [0.5, 0.6) is 0 Å². The minimum Gasteiger partial charge on any atom is -0.325 e. The van der Waals surface area contributed by atoms with Crippen LogP contribution in [0.1, 0.15) is 36.3 Å². The van der Waals surface area contributed by atoms with E-state index in [2.05, 4.69) is 39.3 Å². The van der Waals surface area contributed by atoms with Crippen molar-refractivity contribution in [3.63, 3.8) is 0 Å². The number of nitrogens with one attached hydrogen (secondary N) is 1. The zero-order valence-corrected chi connectivity index (χ0v) is 19.8. The molecule has 0 saturated carbocycles. The van der Waals surface area contributed by atoms with Crippen LogP contribution >= 0.6 is 34.7 Å². The molecule has 2 heterocycles. The number of benzene rings is 1. The number of anilines is 1. The predicted molar refractivity (Wildman–Crippen MR) is 126 cm³/mol. The minimum absolute atomic E-state index is 0.0838. The first-order valence-electron chi connectivity index (χ1n) is 10.2. The smallest absolute Gasteiger partial charge is 0.234 e. The van der Waals surface area contributed by atoms with E-state index in [0.717, 1.165) is 47.5 Å². The maximum atomic E-state index is 12.5. The summed E-state index contributed by atoms with van der Waals surface area (Å²) >= 11 is 9.39. The van der Waals surface area contributed by atoms with Crippen molar-refractivity contribution in [2.75, 3.05) is 11.1 Å². The van der Waals surface area contributed by atoms with Gasteiger partial charge in [-0.3, -0.25) is 4.79 Å². The number of amides is 1. The highest BCUT2D eigenvalue weighted by Crippen LogP contribution is 2.38. The maximum Gasteiger partial charge on any atom is 0.234 e. The van der Waals surface area contributed by atoms with Crippen LogP contribution in [0.25, 0.3) is 11.4 Å². The summed E-state index contributed by atoms with van der Waals surface area (Å²) in [4.78, 5) is 14.0. The lowest BCUT2D eigenvalue weighted by molar-refractivity contribution is -0.113. The molecular weight excluding hydrogens is 436 g/mol. The summed E-state index contributed by atoms with van der Waals surface area (Å²) in [5, 5.41) is 15.5. The zero-order chi connectivity index (χ0) is 21.3. The van der Waals surface area contributed by atoms with Crippen LogP contribution in [-0.4, -0.2) is 26.4 Å². The lowest BCUT2D eigenvalue weighted by Gasteiger charge is -2.19. The summed E-state index contributed by atoms with van der Waals surface area (Å²) in [5.41, 5.74) is 4.26. The molecule has 0 aliphatic heterocycles. The Hall–Kier alpha value is -1.83. The van der Waals surface area contributed by atoms with Crippen molar-refractivity contribution in [3.05, 3.63) is 44.6 Å². The van der Waals surface area contributed by atoms with Crippen molar-refractivity contribution in [1.29, 1.82) is 0 Å². The average molecular weight is 461 g/mol. The summed E-state index contributed by atoms with van der Waals surface area (Å²) in [6.07, 6.45) is 3.49. The van der Waals surface area contributed by atoms with Crippen LogP contribution in [0.3, 0.4) is 0 Å². The van der Waals surface area contributed by atoms with Crippen molar-refractivity contribution in [3.8, 4) is 11.4 Å². The van der Waals surface area contributed by atoms with E-state index < -0.39 is 0 Å². The van der Waals surface area contributed by atoms with Gasteiger partial charge in [0.05, 0.1) is 5.75 Å². The Morgan fingerprint density at radius 2 is 2.23 bits per heavy atom. The average Bonchev–Trinajstić information content (AvgIpc) is 3.32. The first-order valence-corrected chi connectivity index (χ1v) is 12.4. The van der Waals surface area contributed by atoms with Gasteiger partial charge in [-0.15, -0.1) is 21.5 Å². The van der Waals surface area contributed by atoms with Gasteiger partial charge in [0.15, 0.2) is 11.0 Å². The van der Waals surface area contributed by atoms with Gasteiger partial charge in [0.2, 0.25) is 5.91 Å². The van der Waals surface area contributed by atoms with Gasteiger partial charge >= 0.3 is 0 Å².